The predicted octanol–water partition coefficient (Wildman–Crippen LogP) is 1.42. The van der Waals surface area contributed by atoms with E-state index < -0.39 is 6.09 Å². The van der Waals surface area contributed by atoms with Gasteiger partial charge in [-0.05, 0) is 12.1 Å². The van der Waals surface area contributed by atoms with Crippen LogP contribution in [0.4, 0.5) is 4.79 Å². The first kappa shape index (κ1) is 10.1. The maximum Gasteiger partial charge on any atom is 0.407 e. The fourth-order valence-corrected chi connectivity index (χ4v) is 0.803. The van der Waals surface area contributed by atoms with E-state index in [9.17, 15) is 4.79 Å². The molecule has 0 atom stereocenters. The van der Waals surface area contributed by atoms with Gasteiger partial charge >= 0.3 is 6.09 Å². The van der Waals surface area contributed by atoms with E-state index in [-0.39, 0.29) is 13.0 Å². The number of furan rings is 1. The van der Waals surface area contributed by atoms with E-state index in [1.54, 1.807) is 12.1 Å². The maximum atomic E-state index is 10.9. The minimum Gasteiger partial charge on any atom is -0.466 e. The lowest BCUT2D eigenvalue weighted by Gasteiger charge is -2.02. The second-order valence-corrected chi connectivity index (χ2v) is 2.49. The van der Waals surface area contributed by atoms with Gasteiger partial charge in [-0.1, -0.05) is 0 Å². The smallest absolute Gasteiger partial charge is 0.407 e. The molecule has 0 bridgehead atoms. The molecule has 0 aliphatic carbocycles. The monoisotopic (exact) mass is 194 g/mol. The van der Waals surface area contributed by atoms with Crippen LogP contribution in [0.25, 0.3) is 0 Å². The number of nitriles is 1. The molecule has 1 amide bonds. The molecule has 1 aromatic rings. The molecule has 1 aromatic heterocycles. The Morgan fingerprint density at radius 3 is 3.21 bits per heavy atom. The van der Waals surface area contributed by atoms with E-state index in [0.717, 1.165) is 0 Å². The number of nitrogens with one attached hydrogen (secondary N) is 1. The number of nitrogens with zero attached hydrogens (tertiary/aromatic N) is 1. The quantitative estimate of drug-likeness (QED) is 0.735. The first-order valence-electron chi connectivity index (χ1n) is 4.13. The SMILES string of the molecule is N#CCCNC(=O)OCc1ccco1. The van der Waals surface area contributed by atoms with Crippen molar-refractivity contribution in [2.75, 3.05) is 6.54 Å². The van der Waals surface area contributed by atoms with Crippen LogP contribution in [0.15, 0.2) is 22.8 Å². The molecule has 14 heavy (non-hydrogen) atoms. The number of carbonyl (C=O) groups is 1. The molecule has 0 unspecified atom stereocenters. The van der Waals surface area contributed by atoms with Crippen molar-refractivity contribution in [3.05, 3.63) is 24.2 Å². The van der Waals surface area contributed by atoms with Crippen LogP contribution in [0, 0.1) is 11.3 Å². The molecule has 0 fully saturated rings. The molecule has 0 saturated carbocycles. The first-order valence-corrected chi connectivity index (χ1v) is 4.13. The summed E-state index contributed by atoms with van der Waals surface area (Å²) in [6.45, 7) is 0.402. The van der Waals surface area contributed by atoms with Crippen molar-refractivity contribution >= 4 is 6.09 Å². The van der Waals surface area contributed by atoms with Gasteiger partial charge in [0.2, 0.25) is 0 Å². The summed E-state index contributed by atoms with van der Waals surface area (Å²) in [6.07, 6.45) is 1.24. The Balaban J connectivity index is 2.13. The second-order valence-electron chi connectivity index (χ2n) is 2.49. The summed E-state index contributed by atoms with van der Waals surface area (Å²) in [4.78, 5) is 10.9. The molecule has 1 rings (SSSR count). The summed E-state index contributed by atoms with van der Waals surface area (Å²) in [5.74, 6) is 0.584. The van der Waals surface area contributed by atoms with Crippen molar-refractivity contribution in [1.82, 2.24) is 5.32 Å². The maximum absolute atomic E-state index is 10.9. The molecule has 0 spiro atoms. The molecule has 5 nitrogen and oxygen atoms in total. The van der Waals surface area contributed by atoms with Gasteiger partial charge in [0.1, 0.15) is 5.76 Å². The van der Waals surface area contributed by atoms with Gasteiger partial charge in [-0.25, -0.2) is 4.79 Å². The van der Waals surface area contributed by atoms with Crippen LogP contribution in [0.1, 0.15) is 12.2 Å². The van der Waals surface area contributed by atoms with Crippen molar-refractivity contribution in [2.45, 2.75) is 13.0 Å². The third-order valence-electron chi connectivity index (χ3n) is 1.43. The molecular formula is C9H10N2O3. The number of alkyl carbamates (subject to hydrolysis) is 1. The van der Waals surface area contributed by atoms with Gasteiger partial charge in [0, 0.05) is 6.54 Å². The largest absolute Gasteiger partial charge is 0.466 e. The van der Waals surface area contributed by atoms with Gasteiger partial charge in [-0.3, -0.25) is 0 Å². The highest BCUT2D eigenvalue weighted by molar-refractivity contribution is 5.67. The number of hydrogen-bond acceptors (Lipinski definition) is 4. The molecule has 0 aliphatic rings. The molecule has 0 aromatic carbocycles. The summed E-state index contributed by atoms with van der Waals surface area (Å²) in [5, 5.41) is 10.6. The van der Waals surface area contributed by atoms with Crippen molar-refractivity contribution in [2.24, 2.45) is 0 Å². The first-order chi connectivity index (χ1) is 6.83. The van der Waals surface area contributed by atoms with Gasteiger partial charge < -0.3 is 14.5 Å². The molecule has 1 N–H and O–H groups in total. The Labute approximate surface area is 81.3 Å². The number of hydrogen-bond donors (Lipinski definition) is 1. The van der Waals surface area contributed by atoms with Crippen molar-refractivity contribution in [1.29, 1.82) is 5.26 Å². The summed E-state index contributed by atoms with van der Waals surface area (Å²) in [6, 6.07) is 5.33. The summed E-state index contributed by atoms with van der Waals surface area (Å²) >= 11 is 0. The average Bonchev–Trinajstić information content (AvgIpc) is 2.68. The molecular weight excluding hydrogens is 184 g/mol. The van der Waals surface area contributed by atoms with E-state index in [1.807, 2.05) is 6.07 Å². The zero-order valence-corrected chi connectivity index (χ0v) is 7.53. The summed E-state index contributed by atoms with van der Waals surface area (Å²) in [5.41, 5.74) is 0. The zero-order chi connectivity index (χ0) is 10.2. The number of carbonyl (C=O) groups excluding carboxylic acids is 1. The van der Waals surface area contributed by atoms with E-state index in [4.69, 9.17) is 14.4 Å². The van der Waals surface area contributed by atoms with Crippen molar-refractivity contribution in [3.8, 4) is 6.07 Å². The number of amides is 1. The minimum atomic E-state index is -0.545. The van der Waals surface area contributed by atoms with Crippen LogP contribution in [0.2, 0.25) is 0 Å². The summed E-state index contributed by atoms with van der Waals surface area (Å²) in [7, 11) is 0. The van der Waals surface area contributed by atoms with Gasteiger partial charge in [0.15, 0.2) is 6.61 Å². The van der Waals surface area contributed by atoms with Crippen LogP contribution in [-0.4, -0.2) is 12.6 Å². The molecule has 5 heteroatoms. The molecule has 0 aliphatic heterocycles. The van der Waals surface area contributed by atoms with Crippen molar-refractivity contribution in [3.63, 3.8) is 0 Å². The lowest BCUT2D eigenvalue weighted by Crippen LogP contribution is -2.24. The van der Waals surface area contributed by atoms with E-state index in [2.05, 4.69) is 5.32 Å². The fourth-order valence-electron chi connectivity index (χ4n) is 0.803. The normalized spacial score (nSPS) is 9.07. The number of ether oxygens (including phenoxy) is 1. The Kier molecular flexibility index (Phi) is 4.08. The Bertz CT molecular complexity index is 313. The second kappa shape index (κ2) is 5.65. The topological polar surface area (TPSA) is 75.3 Å². The molecule has 0 radical (unpaired) electrons. The lowest BCUT2D eigenvalue weighted by atomic mass is 10.5. The highest BCUT2D eigenvalue weighted by Crippen LogP contribution is 2.01. The van der Waals surface area contributed by atoms with E-state index in [1.165, 1.54) is 6.26 Å². The lowest BCUT2D eigenvalue weighted by molar-refractivity contribution is 0.131. The highest BCUT2D eigenvalue weighted by atomic mass is 16.6. The third-order valence-corrected chi connectivity index (χ3v) is 1.43. The van der Waals surface area contributed by atoms with E-state index >= 15 is 0 Å². The van der Waals surface area contributed by atoms with E-state index in [0.29, 0.717) is 12.3 Å². The Morgan fingerprint density at radius 2 is 2.57 bits per heavy atom. The predicted molar refractivity (Wildman–Crippen MR) is 47.1 cm³/mol. The van der Waals surface area contributed by atoms with Gasteiger partial charge in [-0.15, -0.1) is 0 Å². The standard InChI is InChI=1S/C9H10N2O3/c10-4-2-5-11-9(12)14-7-8-3-1-6-13-8/h1,3,6H,2,5,7H2,(H,11,12). The van der Waals surface area contributed by atoms with Crippen LogP contribution in [-0.2, 0) is 11.3 Å². The molecule has 74 valence electrons. The minimum absolute atomic E-state index is 0.103. The third kappa shape index (κ3) is 3.63. The molecule has 1 heterocycles. The van der Waals surface area contributed by atoms with Crippen LogP contribution >= 0.6 is 0 Å². The van der Waals surface area contributed by atoms with Gasteiger partial charge in [0.05, 0.1) is 18.8 Å². The fraction of sp³-hybridized carbons (Fsp3) is 0.333. The van der Waals surface area contributed by atoms with Gasteiger partial charge in [-0.2, -0.15) is 5.26 Å². The molecule has 0 saturated heterocycles. The highest BCUT2D eigenvalue weighted by Gasteiger charge is 2.02. The zero-order valence-electron chi connectivity index (χ0n) is 7.53. The van der Waals surface area contributed by atoms with Crippen LogP contribution in [0.5, 0.6) is 0 Å². The summed E-state index contributed by atoms with van der Waals surface area (Å²) < 4.78 is 9.73. The van der Waals surface area contributed by atoms with Crippen LogP contribution in [0.3, 0.4) is 0 Å². The Hall–Kier alpha value is -1.96. The Morgan fingerprint density at radius 1 is 1.71 bits per heavy atom. The van der Waals surface area contributed by atoms with Crippen molar-refractivity contribution < 1.29 is 13.9 Å². The average molecular weight is 194 g/mol. The number of rotatable bonds is 4. The van der Waals surface area contributed by atoms with Crippen LogP contribution < -0.4 is 5.32 Å². The van der Waals surface area contributed by atoms with Gasteiger partial charge in [0.25, 0.3) is 0 Å².